The second-order valence-electron chi connectivity index (χ2n) is 5.20. The van der Waals surface area contributed by atoms with Crippen LogP contribution in [0.4, 0.5) is 13.2 Å². The number of carbonyl (C=O) groups excluding carboxylic acids is 1. The van der Waals surface area contributed by atoms with E-state index in [1.807, 2.05) is 6.07 Å². The van der Waals surface area contributed by atoms with Gasteiger partial charge < -0.3 is 0 Å². The van der Waals surface area contributed by atoms with Crippen LogP contribution < -0.4 is 0 Å². The fourth-order valence-corrected chi connectivity index (χ4v) is 2.44. The van der Waals surface area contributed by atoms with Gasteiger partial charge in [0.2, 0.25) is 0 Å². The number of carbonyl (C=O) groups is 1. The highest BCUT2D eigenvalue weighted by Crippen LogP contribution is 2.34. The zero-order chi connectivity index (χ0) is 15.5. The van der Waals surface area contributed by atoms with Gasteiger partial charge in [0, 0.05) is 5.56 Å². The molecule has 112 valence electrons. The molecule has 0 saturated carbocycles. The second-order valence-corrected chi connectivity index (χ2v) is 5.20. The molecule has 6 heteroatoms. The Morgan fingerprint density at radius 2 is 1.81 bits per heavy atom. The van der Waals surface area contributed by atoms with Crippen molar-refractivity contribution in [2.45, 2.75) is 19.0 Å². The molecule has 0 atom stereocenters. The van der Waals surface area contributed by atoms with Crippen molar-refractivity contribution < 1.29 is 18.0 Å². The maximum atomic E-state index is 12.6. The normalized spacial score (nSPS) is 17.4. The lowest BCUT2D eigenvalue weighted by molar-refractivity contribution is -0.184. The van der Waals surface area contributed by atoms with E-state index in [0.29, 0.717) is 11.1 Å². The fraction of sp³-hybridized carbons (Fsp3) is 0.467. The van der Waals surface area contributed by atoms with Crippen molar-refractivity contribution >= 4 is 5.78 Å². The summed E-state index contributed by atoms with van der Waals surface area (Å²) in [6, 6.07) is 8.23. The Morgan fingerprint density at radius 1 is 1.24 bits per heavy atom. The highest BCUT2D eigenvalue weighted by Gasteiger charge is 2.41. The van der Waals surface area contributed by atoms with Crippen molar-refractivity contribution in [3.05, 3.63) is 35.4 Å². The summed E-state index contributed by atoms with van der Waals surface area (Å²) in [5.74, 6) is -1.39. The maximum Gasteiger partial charge on any atom is 0.391 e. The van der Waals surface area contributed by atoms with Gasteiger partial charge in [-0.05, 0) is 38.1 Å². The Bertz CT molecular complexity index is 538. The van der Waals surface area contributed by atoms with Crippen molar-refractivity contribution in [1.29, 1.82) is 5.26 Å². The lowest BCUT2D eigenvalue weighted by atomic mass is 9.96. The average Bonchev–Trinajstić information content (AvgIpc) is 2.47. The van der Waals surface area contributed by atoms with Crippen LogP contribution in [0.5, 0.6) is 0 Å². The van der Waals surface area contributed by atoms with E-state index in [4.69, 9.17) is 5.26 Å². The van der Waals surface area contributed by atoms with Gasteiger partial charge in [0.15, 0.2) is 5.78 Å². The second kappa shape index (κ2) is 6.27. The average molecular weight is 296 g/mol. The smallest absolute Gasteiger partial charge is 0.296 e. The third-order valence-electron chi connectivity index (χ3n) is 3.75. The minimum absolute atomic E-state index is 0.0458. The number of hydrogen-bond donors (Lipinski definition) is 0. The molecule has 0 unspecified atom stereocenters. The Balaban J connectivity index is 1.88. The van der Waals surface area contributed by atoms with Gasteiger partial charge in [-0.2, -0.15) is 18.4 Å². The summed E-state index contributed by atoms with van der Waals surface area (Å²) < 4.78 is 37.7. The zero-order valence-corrected chi connectivity index (χ0v) is 11.4. The van der Waals surface area contributed by atoms with Crippen molar-refractivity contribution in [3.63, 3.8) is 0 Å². The predicted molar refractivity (Wildman–Crippen MR) is 70.7 cm³/mol. The first kappa shape index (κ1) is 15.5. The summed E-state index contributed by atoms with van der Waals surface area (Å²) in [7, 11) is 0. The Morgan fingerprint density at radius 3 is 2.29 bits per heavy atom. The van der Waals surface area contributed by atoms with E-state index in [0.717, 1.165) is 0 Å². The molecule has 1 aliphatic rings. The minimum atomic E-state index is -4.14. The fourth-order valence-electron chi connectivity index (χ4n) is 2.44. The van der Waals surface area contributed by atoms with Crippen LogP contribution in [0.15, 0.2) is 24.3 Å². The first-order chi connectivity index (χ1) is 9.90. The third kappa shape index (κ3) is 4.05. The molecule has 0 radical (unpaired) electrons. The van der Waals surface area contributed by atoms with Crippen LogP contribution in [-0.2, 0) is 0 Å². The summed E-state index contributed by atoms with van der Waals surface area (Å²) in [5, 5.41) is 8.68. The Kier molecular flexibility index (Phi) is 4.63. The van der Waals surface area contributed by atoms with E-state index in [2.05, 4.69) is 0 Å². The number of alkyl halides is 3. The summed E-state index contributed by atoms with van der Waals surface area (Å²) in [6.45, 7) is 0.689. The van der Waals surface area contributed by atoms with E-state index in [1.54, 1.807) is 29.2 Å². The topological polar surface area (TPSA) is 44.1 Å². The zero-order valence-electron chi connectivity index (χ0n) is 11.4. The van der Waals surface area contributed by atoms with E-state index in [-0.39, 0.29) is 38.3 Å². The van der Waals surface area contributed by atoms with Crippen molar-refractivity contribution in [2.24, 2.45) is 5.92 Å². The number of rotatable bonds is 3. The van der Waals surface area contributed by atoms with E-state index >= 15 is 0 Å². The first-order valence-electron chi connectivity index (χ1n) is 6.72. The number of hydrogen-bond acceptors (Lipinski definition) is 3. The van der Waals surface area contributed by atoms with Crippen LogP contribution in [-0.4, -0.2) is 36.5 Å². The number of benzene rings is 1. The summed E-state index contributed by atoms with van der Waals surface area (Å²) >= 11 is 0. The lowest BCUT2D eigenvalue weighted by Gasteiger charge is -2.32. The molecule has 1 aromatic carbocycles. The number of nitriles is 1. The predicted octanol–water partition coefficient (Wildman–Crippen LogP) is 3.02. The van der Waals surface area contributed by atoms with Gasteiger partial charge in [0.1, 0.15) is 0 Å². The van der Waals surface area contributed by atoms with Crippen LogP contribution >= 0.6 is 0 Å². The molecule has 3 nitrogen and oxygen atoms in total. The molecule has 1 aromatic rings. The van der Waals surface area contributed by atoms with Gasteiger partial charge in [-0.15, -0.1) is 0 Å². The van der Waals surface area contributed by atoms with Crippen LogP contribution in [0.25, 0.3) is 0 Å². The van der Waals surface area contributed by atoms with Gasteiger partial charge >= 0.3 is 6.18 Å². The Labute approximate surface area is 121 Å². The summed E-state index contributed by atoms with van der Waals surface area (Å²) in [6.07, 6.45) is -4.04. The van der Waals surface area contributed by atoms with E-state index in [1.165, 1.54) is 0 Å². The van der Waals surface area contributed by atoms with Gasteiger partial charge in [-0.1, -0.05) is 12.1 Å². The highest BCUT2D eigenvalue weighted by atomic mass is 19.4. The van der Waals surface area contributed by atoms with Crippen LogP contribution in [0.1, 0.15) is 28.8 Å². The number of piperidine rings is 1. The number of nitrogens with zero attached hydrogens (tertiary/aromatic N) is 2. The molecule has 0 bridgehead atoms. The number of likely N-dealkylation sites (tertiary alicyclic amines) is 1. The number of halogens is 3. The van der Waals surface area contributed by atoms with E-state index in [9.17, 15) is 18.0 Å². The molecule has 0 N–H and O–H groups in total. The van der Waals surface area contributed by atoms with Gasteiger partial charge in [0.25, 0.3) is 0 Å². The summed E-state index contributed by atoms with van der Waals surface area (Å²) in [4.78, 5) is 13.8. The van der Waals surface area contributed by atoms with Gasteiger partial charge in [-0.25, -0.2) is 0 Å². The molecular formula is C15H15F3N2O. The number of Topliss-reactive ketones (excluding diaryl/α,β-unsaturated/α-hetero) is 1. The van der Waals surface area contributed by atoms with Crippen LogP contribution in [0.3, 0.4) is 0 Å². The van der Waals surface area contributed by atoms with Crippen molar-refractivity contribution in [3.8, 4) is 6.07 Å². The van der Waals surface area contributed by atoms with E-state index < -0.39 is 12.1 Å². The monoisotopic (exact) mass is 296 g/mol. The molecule has 0 amide bonds. The minimum Gasteiger partial charge on any atom is -0.296 e. The largest absolute Gasteiger partial charge is 0.391 e. The molecule has 0 aromatic heterocycles. The molecule has 2 rings (SSSR count). The Hall–Kier alpha value is -1.87. The van der Waals surface area contributed by atoms with Gasteiger partial charge in [0.05, 0.1) is 24.1 Å². The standard InChI is InChI=1S/C15H15F3N2O/c16-15(17,18)13-5-7-20(8-6-13)10-14(21)12-3-1-11(9-19)2-4-12/h1-4,13H,5-8,10H2. The van der Waals surface area contributed by atoms with Crippen LogP contribution in [0, 0.1) is 17.2 Å². The van der Waals surface area contributed by atoms with Gasteiger partial charge in [-0.3, -0.25) is 9.69 Å². The first-order valence-corrected chi connectivity index (χ1v) is 6.72. The lowest BCUT2D eigenvalue weighted by Crippen LogP contribution is -2.41. The molecule has 0 spiro atoms. The third-order valence-corrected chi connectivity index (χ3v) is 3.75. The molecule has 1 aliphatic heterocycles. The molecule has 0 aliphatic carbocycles. The number of ketones is 1. The molecular weight excluding hydrogens is 281 g/mol. The van der Waals surface area contributed by atoms with Crippen molar-refractivity contribution in [2.75, 3.05) is 19.6 Å². The highest BCUT2D eigenvalue weighted by molar-refractivity contribution is 5.97. The SMILES string of the molecule is N#Cc1ccc(C(=O)CN2CCC(C(F)(F)F)CC2)cc1. The van der Waals surface area contributed by atoms with Crippen LogP contribution in [0.2, 0.25) is 0 Å². The quantitative estimate of drug-likeness (QED) is 0.805. The molecule has 21 heavy (non-hydrogen) atoms. The molecule has 1 heterocycles. The maximum absolute atomic E-state index is 12.6. The molecule has 1 saturated heterocycles. The summed E-state index contributed by atoms with van der Waals surface area (Å²) in [5.41, 5.74) is 0.949. The van der Waals surface area contributed by atoms with Crippen molar-refractivity contribution in [1.82, 2.24) is 4.90 Å². The molecule has 1 fully saturated rings.